The topological polar surface area (TPSA) is 73.3 Å². The fourth-order valence-corrected chi connectivity index (χ4v) is 4.44. The zero-order valence-electron chi connectivity index (χ0n) is 19.8. The lowest BCUT2D eigenvalue weighted by molar-refractivity contribution is -0.140. The SMILES string of the molecule is C[C@H]1Cc2cc(/C(O)=C3\C(=O)C(=O)N(CCN(C)C)[C@@H]3c3ccc(N(C)C)cc3)ccc2O1. The van der Waals surface area contributed by atoms with Gasteiger partial charge in [-0.3, -0.25) is 9.59 Å². The summed E-state index contributed by atoms with van der Waals surface area (Å²) in [5, 5.41) is 11.3. The van der Waals surface area contributed by atoms with Crippen molar-refractivity contribution in [2.24, 2.45) is 0 Å². The Bertz CT molecular complexity index is 1110. The summed E-state index contributed by atoms with van der Waals surface area (Å²) in [5.74, 6) is -0.595. The third-order valence-electron chi connectivity index (χ3n) is 6.22. The van der Waals surface area contributed by atoms with Crippen molar-refractivity contribution in [3.63, 3.8) is 0 Å². The molecule has 174 valence electrons. The van der Waals surface area contributed by atoms with Gasteiger partial charge in [0.05, 0.1) is 11.6 Å². The normalized spacial score (nSPS) is 21.5. The smallest absolute Gasteiger partial charge is 0.295 e. The third kappa shape index (κ3) is 4.33. The number of amides is 1. The number of aliphatic hydroxyl groups excluding tert-OH is 1. The number of fused-ring (bicyclic) bond motifs is 1. The van der Waals surface area contributed by atoms with Gasteiger partial charge in [-0.25, -0.2) is 0 Å². The number of benzene rings is 2. The number of rotatable bonds is 6. The molecule has 7 nitrogen and oxygen atoms in total. The second-order valence-electron chi connectivity index (χ2n) is 9.24. The molecule has 2 aliphatic rings. The molecule has 0 unspecified atom stereocenters. The molecule has 2 aliphatic heterocycles. The van der Waals surface area contributed by atoms with Gasteiger partial charge in [0, 0.05) is 44.9 Å². The van der Waals surface area contributed by atoms with E-state index < -0.39 is 17.7 Å². The number of Topliss-reactive ketones (excluding diaryl/α,β-unsaturated/α-hetero) is 1. The van der Waals surface area contributed by atoms with Crippen molar-refractivity contribution in [3.05, 3.63) is 64.7 Å². The molecule has 1 amide bonds. The van der Waals surface area contributed by atoms with E-state index in [1.54, 1.807) is 11.0 Å². The maximum atomic E-state index is 13.2. The lowest BCUT2D eigenvalue weighted by Crippen LogP contribution is -2.35. The molecule has 1 fully saturated rings. The number of anilines is 1. The van der Waals surface area contributed by atoms with Crippen molar-refractivity contribution in [1.82, 2.24) is 9.80 Å². The van der Waals surface area contributed by atoms with Crippen molar-refractivity contribution in [2.75, 3.05) is 46.2 Å². The standard InChI is InChI=1S/C26H31N3O4/c1-16-14-19-15-18(8-11-21(19)33-16)24(30)22-23(17-6-9-20(10-7-17)28(4)5)29(13-12-27(2)3)26(32)25(22)31/h6-11,15-16,23,30H,12-14H2,1-5H3/b24-22+/t16-,23+/m0/s1. The number of hydrogen-bond donors (Lipinski definition) is 1. The third-order valence-corrected chi connectivity index (χ3v) is 6.22. The zero-order valence-corrected chi connectivity index (χ0v) is 19.8. The molecule has 7 heteroatoms. The van der Waals surface area contributed by atoms with Gasteiger partial charge in [0.2, 0.25) is 0 Å². The van der Waals surface area contributed by atoms with Crippen LogP contribution in [0, 0.1) is 0 Å². The number of carbonyl (C=O) groups is 2. The molecular formula is C26H31N3O4. The number of nitrogens with zero attached hydrogens (tertiary/aromatic N) is 3. The second-order valence-corrected chi connectivity index (χ2v) is 9.24. The summed E-state index contributed by atoms with van der Waals surface area (Å²) in [7, 11) is 7.75. The van der Waals surface area contributed by atoms with Crippen LogP contribution >= 0.6 is 0 Å². The van der Waals surface area contributed by atoms with Crippen LogP contribution in [0.5, 0.6) is 5.75 Å². The minimum absolute atomic E-state index is 0.0734. The van der Waals surface area contributed by atoms with Gasteiger partial charge >= 0.3 is 0 Å². The summed E-state index contributed by atoms with van der Waals surface area (Å²) < 4.78 is 5.76. The van der Waals surface area contributed by atoms with Gasteiger partial charge in [0.15, 0.2) is 0 Å². The Morgan fingerprint density at radius 2 is 1.79 bits per heavy atom. The summed E-state index contributed by atoms with van der Waals surface area (Å²) in [6, 6.07) is 12.5. The van der Waals surface area contributed by atoms with Gasteiger partial charge in [-0.1, -0.05) is 12.1 Å². The highest BCUT2D eigenvalue weighted by molar-refractivity contribution is 6.46. The van der Waals surface area contributed by atoms with Crippen molar-refractivity contribution < 1.29 is 19.4 Å². The van der Waals surface area contributed by atoms with E-state index in [9.17, 15) is 14.7 Å². The quantitative estimate of drug-likeness (QED) is 0.415. The molecule has 2 aromatic carbocycles. The van der Waals surface area contributed by atoms with Gasteiger partial charge < -0.3 is 24.5 Å². The average molecular weight is 450 g/mol. The Kier molecular flexibility index (Phi) is 6.17. The maximum Gasteiger partial charge on any atom is 0.295 e. The van der Waals surface area contributed by atoms with E-state index in [-0.39, 0.29) is 17.4 Å². The van der Waals surface area contributed by atoms with Crippen LogP contribution in [0.25, 0.3) is 5.76 Å². The number of ether oxygens (including phenoxy) is 1. The first-order chi connectivity index (χ1) is 15.7. The predicted molar refractivity (Wildman–Crippen MR) is 129 cm³/mol. The number of carbonyl (C=O) groups excluding carboxylic acids is 2. The minimum Gasteiger partial charge on any atom is -0.507 e. The molecule has 2 atom stereocenters. The van der Waals surface area contributed by atoms with Crippen LogP contribution in [0.15, 0.2) is 48.0 Å². The zero-order chi connectivity index (χ0) is 23.9. The van der Waals surface area contributed by atoms with Gasteiger partial charge in [0.25, 0.3) is 11.7 Å². The highest BCUT2D eigenvalue weighted by atomic mass is 16.5. The molecule has 1 N–H and O–H groups in total. The van der Waals surface area contributed by atoms with Gasteiger partial charge in [-0.05, 0) is 62.5 Å². The monoisotopic (exact) mass is 449 g/mol. The first kappa shape index (κ1) is 22.9. The van der Waals surface area contributed by atoms with E-state index in [1.165, 1.54) is 0 Å². The highest BCUT2D eigenvalue weighted by Gasteiger charge is 2.46. The number of likely N-dealkylation sites (N-methyl/N-ethyl adjacent to an activating group) is 1. The molecule has 0 saturated carbocycles. The minimum atomic E-state index is -0.655. The van der Waals surface area contributed by atoms with Gasteiger partial charge in [0.1, 0.15) is 17.6 Å². The Balaban J connectivity index is 1.80. The summed E-state index contributed by atoms with van der Waals surface area (Å²) in [5.41, 5.74) is 3.44. The molecule has 4 rings (SSSR count). The molecule has 2 aromatic rings. The van der Waals surface area contributed by atoms with Gasteiger partial charge in [-0.15, -0.1) is 0 Å². The molecule has 2 heterocycles. The Morgan fingerprint density at radius 3 is 2.42 bits per heavy atom. The van der Waals surface area contributed by atoms with Crippen LogP contribution < -0.4 is 9.64 Å². The van der Waals surface area contributed by atoms with E-state index in [1.807, 2.05) is 81.3 Å². The van der Waals surface area contributed by atoms with Gasteiger partial charge in [-0.2, -0.15) is 0 Å². The van der Waals surface area contributed by atoms with E-state index in [4.69, 9.17) is 4.74 Å². The number of aliphatic hydroxyl groups is 1. The molecular weight excluding hydrogens is 418 g/mol. The molecule has 1 saturated heterocycles. The van der Waals surface area contributed by atoms with Crippen molar-refractivity contribution in [3.8, 4) is 5.75 Å². The molecule has 0 aliphatic carbocycles. The second kappa shape index (κ2) is 8.90. The summed E-state index contributed by atoms with van der Waals surface area (Å²) in [4.78, 5) is 31.7. The first-order valence-electron chi connectivity index (χ1n) is 11.2. The lowest BCUT2D eigenvalue weighted by Gasteiger charge is -2.27. The fourth-order valence-electron chi connectivity index (χ4n) is 4.44. The Morgan fingerprint density at radius 1 is 1.09 bits per heavy atom. The fraction of sp³-hybridized carbons (Fsp3) is 0.385. The van der Waals surface area contributed by atoms with E-state index in [2.05, 4.69) is 0 Å². The number of likely N-dealkylation sites (tertiary alicyclic amines) is 1. The number of hydrogen-bond acceptors (Lipinski definition) is 6. The molecule has 0 bridgehead atoms. The number of ketones is 1. The van der Waals surface area contributed by atoms with Crippen LogP contribution in [0.2, 0.25) is 0 Å². The van der Waals surface area contributed by atoms with Crippen LogP contribution in [0.1, 0.15) is 29.7 Å². The van der Waals surface area contributed by atoms with Crippen molar-refractivity contribution >= 4 is 23.1 Å². The van der Waals surface area contributed by atoms with Crippen LogP contribution in [0.4, 0.5) is 5.69 Å². The Labute approximate surface area is 194 Å². The summed E-state index contributed by atoms with van der Waals surface area (Å²) in [6.07, 6.45) is 0.812. The summed E-state index contributed by atoms with van der Waals surface area (Å²) in [6.45, 7) is 2.98. The first-order valence-corrected chi connectivity index (χ1v) is 11.2. The van der Waals surface area contributed by atoms with E-state index in [0.717, 1.165) is 29.0 Å². The Hall–Kier alpha value is -3.32. The molecule has 0 aromatic heterocycles. The van der Waals surface area contributed by atoms with E-state index in [0.29, 0.717) is 18.7 Å². The van der Waals surface area contributed by atoms with Crippen LogP contribution in [-0.4, -0.2) is 74.0 Å². The molecule has 0 radical (unpaired) electrons. The van der Waals surface area contributed by atoms with Crippen molar-refractivity contribution in [1.29, 1.82) is 0 Å². The largest absolute Gasteiger partial charge is 0.507 e. The van der Waals surface area contributed by atoms with Crippen molar-refractivity contribution in [2.45, 2.75) is 25.5 Å². The highest BCUT2D eigenvalue weighted by Crippen LogP contribution is 2.40. The molecule has 0 spiro atoms. The van der Waals surface area contributed by atoms with Crippen LogP contribution in [-0.2, 0) is 16.0 Å². The predicted octanol–water partition coefficient (Wildman–Crippen LogP) is 3.06. The molecule has 33 heavy (non-hydrogen) atoms. The summed E-state index contributed by atoms with van der Waals surface area (Å²) >= 11 is 0. The lowest BCUT2D eigenvalue weighted by atomic mass is 9.94. The maximum absolute atomic E-state index is 13.2. The van der Waals surface area contributed by atoms with E-state index >= 15 is 0 Å². The van der Waals surface area contributed by atoms with Crippen LogP contribution in [0.3, 0.4) is 0 Å². The average Bonchev–Trinajstić information content (AvgIpc) is 3.27.